The van der Waals surface area contributed by atoms with Crippen molar-refractivity contribution in [2.45, 2.75) is 24.9 Å². The van der Waals surface area contributed by atoms with Gasteiger partial charge in [-0.05, 0) is 66.9 Å². The Morgan fingerprint density at radius 1 is 0.868 bits per heavy atom. The SMILES string of the molecule is O=C(Nc1ccc(F)cc1F)N(CC(=O)N1c2ccccc2-n2cccc2C1c1ccc(F)cc1)C1CC1. The summed E-state index contributed by atoms with van der Waals surface area (Å²) in [5, 5.41) is 2.48. The van der Waals surface area contributed by atoms with Gasteiger partial charge in [-0.1, -0.05) is 24.3 Å². The van der Waals surface area contributed by atoms with E-state index in [2.05, 4.69) is 5.32 Å². The maximum atomic E-state index is 14.2. The Labute approximate surface area is 216 Å². The van der Waals surface area contributed by atoms with Crippen molar-refractivity contribution in [1.82, 2.24) is 9.47 Å². The number of nitrogens with one attached hydrogen (secondary N) is 1. The molecule has 1 aliphatic heterocycles. The summed E-state index contributed by atoms with van der Waals surface area (Å²) < 4.78 is 43.3. The normalized spacial score (nSPS) is 16.0. The minimum absolute atomic E-state index is 0.167. The molecular weight excluding hydrogens is 493 g/mol. The Bertz CT molecular complexity index is 1530. The third-order valence-electron chi connectivity index (χ3n) is 6.90. The average Bonchev–Trinajstić information content (AvgIpc) is 3.63. The molecule has 6 rings (SSSR count). The van der Waals surface area contributed by atoms with Crippen molar-refractivity contribution in [3.05, 3.63) is 114 Å². The summed E-state index contributed by atoms with van der Waals surface area (Å²) in [5.41, 5.74) is 2.82. The standard InChI is InChI=1S/C29H23F3N4O2/c30-19-9-7-18(8-10-19)28-26-6-3-15-34(26)24-4-1-2-5-25(24)36(28)27(37)17-35(21-12-13-21)29(38)33-23-14-11-20(31)16-22(23)32/h1-11,14-16,21,28H,12-13,17H2,(H,33,38). The molecule has 1 aromatic heterocycles. The van der Waals surface area contributed by atoms with Crippen LogP contribution in [0.1, 0.15) is 30.1 Å². The second-order valence-electron chi connectivity index (χ2n) is 9.42. The lowest BCUT2D eigenvalue weighted by atomic mass is 9.97. The average molecular weight is 517 g/mol. The zero-order chi connectivity index (χ0) is 26.4. The van der Waals surface area contributed by atoms with E-state index >= 15 is 0 Å². The molecule has 1 N–H and O–H groups in total. The third kappa shape index (κ3) is 4.30. The number of hydrogen-bond donors (Lipinski definition) is 1. The van der Waals surface area contributed by atoms with Crippen LogP contribution in [0.15, 0.2) is 85.1 Å². The zero-order valence-electron chi connectivity index (χ0n) is 20.2. The summed E-state index contributed by atoms with van der Waals surface area (Å²) in [6, 6.07) is 18.8. The molecule has 6 nitrogen and oxygen atoms in total. The number of aromatic nitrogens is 1. The maximum absolute atomic E-state index is 14.2. The Morgan fingerprint density at radius 2 is 1.58 bits per heavy atom. The Morgan fingerprint density at radius 3 is 2.29 bits per heavy atom. The fraction of sp³-hybridized carbons (Fsp3) is 0.172. The molecule has 3 amide bonds. The van der Waals surface area contributed by atoms with Crippen LogP contribution in [0, 0.1) is 17.5 Å². The molecule has 0 bridgehead atoms. The van der Waals surface area contributed by atoms with E-state index in [1.807, 2.05) is 47.2 Å². The van der Waals surface area contributed by atoms with Crippen LogP contribution in [-0.4, -0.2) is 34.0 Å². The smallest absolute Gasteiger partial charge is 0.316 e. The zero-order valence-corrected chi connectivity index (χ0v) is 20.2. The van der Waals surface area contributed by atoms with Crippen LogP contribution < -0.4 is 10.2 Å². The minimum Gasteiger partial charge on any atom is -0.316 e. The van der Waals surface area contributed by atoms with Gasteiger partial charge in [-0.3, -0.25) is 9.69 Å². The molecule has 192 valence electrons. The fourth-order valence-corrected chi connectivity index (χ4v) is 4.98. The highest BCUT2D eigenvalue weighted by molar-refractivity contribution is 6.01. The number of fused-ring (bicyclic) bond motifs is 3. The summed E-state index contributed by atoms with van der Waals surface area (Å²) >= 11 is 0. The van der Waals surface area contributed by atoms with Crippen LogP contribution in [0.25, 0.3) is 5.69 Å². The molecule has 0 saturated heterocycles. The first-order chi connectivity index (χ1) is 18.4. The van der Waals surface area contributed by atoms with Gasteiger partial charge in [-0.15, -0.1) is 0 Å². The van der Waals surface area contributed by atoms with E-state index in [0.29, 0.717) is 30.2 Å². The quantitative estimate of drug-likeness (QED) is 0.352. The number of para-hydroxylation sites is 2. The molecule has 0 radical (unpaired) electrons. The lowest BCUT2D eigenvalue weighted by Gasteiger charge is -2.39. The van der Waals surface area contributed by atoms with E-state index in [4.69, 9.17) is 0 Å². The van der Waals surface area contributed by atoms with Crippen molar-refractivity contribution in [3.8, 4) is 5.69 Å². The van der Waals surface area contributed by atoms with Gasteiger partial charge in [-0.25, -0.2) is 18.0 Å². The van der Waals surface area contributed by atoms with Crippen molar-refractivity contribution in [2.24, 2.45) is 0 Å². The van der Waals surface area contributed by atoms with E-state index in [1.165, 1.54) is 17.0 Å². The number of amides is 3. The lowest BCUT2D eigenvalue weighted by molar-refractivity contribution is -0.119. The van der Waals surface area contributed by atoms with Crippen LogP contribution in [0.2, 0.25) is 0 Å². The Balaban J connectivity index is 1.35. The fourth-order valence-electron chi connectivity index (χ4n) is 4.98. The molecule has 9 heteroatoms. The molecule has 1 atom stereocenters. The Hall–Kier alpha value is -4.53. The molecule has 2 heterocycles. The molecule has 2 aliphatic rings. The third-order valence-corrected chi connectivity index (χ3v) is 6.90. The van der Waals surface area contributed by atoms with Crippen LogP contribution in [0.5, 0.6) is 0 Å². The summed E-state index contributed by atoms with van der Waals surface area (Å²) in [6.45, 7) is -0.258. The molecule has 0 spiro atoms. The summed E-state index contributed by atoms with van der Waals surface area (Å²) in [4.78, 5) is 30.3. The topological polar surface area (TPSA) is 57.6 Å². The van der Waals surface area contributed by atoms with E-state index in [-0.39, 0.29) is 30.0 Å². The number of halogens is 3. The second-order valence-corrected chi connectivity index (χ2v) is 9.42. The highest BCUT2D eigenvalue weighted by Crippen LogP contribution is 2.42. The number of hydrogen-bond acceptors (Lipinski definition) is 2. The highest BCUT2D eigenvalue weighted by Gasteiger charge is 2.40. The van der Waals surface area contributed by atoms with Crippen molar-refractivity contribution in [2.75, 3.05) is 16.8 Å². The van der Waals surface area contributed by atoms with Gasteiger partial charge in [0.05, 0.1) is 22.8 Å². The lowest BCUT2D eigenvalue weighted by Crippen LogP contribution is -2.48. The van der Waals surface area contributed by atoms with Gasteiger partial charge in [0.15, 0.2) is 0 Å². The summed E-state index contributed by atoms with van der Waals surface area (Å²) in [6.07, 6.45) is 3.34. The van der Waals surface area contributed by atoms with Gasteiger partial charge in [0.1, 0.15) is 30.0 Å². The molecule has 1 fully saturated rings. The number of carbonyl (C=O) groups excluding carboxylic acids is 2. The van der Waals surface area contributed by atoms with Gasteiger partial charge in [0, 0.05) is 18.3 Å². The van der Waals surface area contributed by atoms with E-state index in [1.54, 1.807) is 17.0 Å². The van der Waals surface area contributed by atoms with Crippen LogP contribution in [0.3, 0.4) is 0 Å². The summed E-state index contributed by atoms with van der Waals surface area (Å²) in [5.74, 6) is -2.39. The van der Waals surface area contributed by atoms with E-state index in [0.717, 1.165) is 23.5 Å². The maximum Gasteiger partial charge on any atom is 0.322 e. The molecule has 1 unspecified atom stereocenters. The first-order valence-electron chi connectivity index (χ1n) is 12.3. The second kappa shape index (κ2) is 9.41. The number of rotatable bonds is 5. The van der Waals surface area contributed by atoms with Gasteiger partial charge < -0.3 is 14.8 Å². The molecule has 1 aliphatic carbocycles. The predicted octanol–water partition coefficient (Wildman–Crippen LogP) is 6.03. The number of carbonyl (C=O) groups is 2. The highest BCUT2D eigenvalue weighted by atomic mass is 19.1. The van der Waals surface area contributed by atoms with Crippen molar-refractivity contribution < 1.29 is 22.8 Å². The molecular formula is C29H23F3N4O2. The molecule has 38 heavy (non-hydrogen) atoms. The monoisotopic (exact) mass is 516 g/mol. The molecule has 3 aromatic carbocycles. The van der Waals surface area contributed by atoms with Gasteiger partial charge in [-0.2, -0.15) is 0 Å². The van der Waals surface area contributed by atoms with Crippen molar-refractivity contribution in [1.29, 1.82) is 0 Å². The number of anilines is 2. The van der Waals surface area contributed by atoms with Gasteiger partial charge in [0.2, 0.25) is 5.91 Å². The van der Waals surface area contributed by atoms with E-state index < -0.39 is 23.7 Å². The number of nitrogens with zero attached hydrogens (tertiary/aromatic N) is 3. The minimum atomic E-state index is -0.900. The van der Waals surface area contributed by atoms with Crippen molar-refractivity contribution in [3.63, 3.8) is 0 Å². The number of benzene rings is 3. The molecule has 1 saturated carbocycles. The van der Waals surface area contributed by atoms with Gasteiger partial charge >= 0.3 is 6.03 Å². The number of urea groups is 1. The Kier molecular flexibility index (Phi) is 5.90. The van der Waals surface area contributed by atoms with Crippen LogP contribution in [0.4, 0.5) is 29.3 Å². The van der Waals surface area contributed by atoms with Gasteiger partial charge in [0.25, 0.3) is 0 Å². The predicted molar refractivity (Wildman–Crippen MR) is 137 cm³/mol. The van der Waals surface area contributed by atoms with Crippen molar-refractivity contribution >= 4 is 23.3 Å². The molecule has 4 aromatic rings. The summed E-state index contributed by atoms with van der Waals surface area (Å²) in [7, 11) is 0. The van der Waals surface area contributed by atoms with Crippen LogP contribution in [-0.2, 0) is 4.79 Å². The first kappa shape index (κ1) is 23.8. The largest absolute Gasteiger partial charge is 0.322 e. The van der Waals surface area contributed by atoms with E-state index in [9.17, 15) is 22.8 Å². The van der Waals surface area contributed by atoms with Crippen LogP contribution >= 0.6 is 0 Å². The first-order valence-corrected chi connectivity index (χ1v) is 12.3.